The number of hydrogen-bond donors (Lipinski definition) is 2. The van der Waals surface area contributed by atoms with Crippen LogP contribution in [-0.4, -0.2) is 113 Å². The topological polar surface area (TPSA) is 205 Å². The zero-order valence-electron chi connectivity index (χ0n) is 34.2. The van der Waals surface area contributed by atoms with Crippen molar-refractivity contribution in [3.8, 4) is 17.9 Å². The Morgan fingerprint density at radius 1 is 0.833 bits per heavy atom. The number of anilines is 2. The first-order chi connectivity index (χ1) is 28.7. The predicted molar refractivity (Wildman–Crippen MR) is 218 cm³/mol. The second-order valence-electron chi connectivity index (χ2n) is 17.6. The van der Waals surface area contributed by atoms with Gasteiger partial charge in [-0.3, -0.25) is 39.1 Å². The molecule has 0 radical (unpaired) electrons. The molecule has 1 unspecified atom stereocenters. The quantitative estimate of drug-likeness (QED) is 0.298. The van der Waals surface area contributed by atoms with Crippen LogP contribution in [0.25, 0.3) is 0 Å². The summed E-state index contributed by atoms with van der Waals surface area (Å²) >= 11 is 0. The summed E-state index contributed by atoms with van der Waals surface area (Å²) in [7, 11) is 0. The molecule has 1 aromatic heterocycles. The standard InChI is InChI=1S/C44H48N10O6/c1-43(2)40(44(3,4)41(43)60-31-7-5-27(21-45)28(19-31)22-46)50-36(56)29-23-47-42(48-24-29)53-13-11-26(12-14-53)25-51-15-17-52(18-16-51)30-6-8-32-33(20-30)39(59)54(38(32)58)34-9-10-35(55)49-37(34)57/h5-8,19-20,23-24,26,34,40-41H,9-18,25H2,1-4H3,(H,50,56)(H,49,55,57). The van der Waals surface area contributed by atoms with Crippen LogP contribution in [0.5, 0.6) is 5.75 Å². The first-order valence-corrected chi connectivity index (χ1v) is 20.5. The second kappa shape index (κ2) is 15.7. The van der Waals surface area contributed by atoms with Gasteiger partial charge in [-0.1, -0.05) is 27.7 Å². The number of hydrogen-bond acceptors (Lipinski definition) is 13. The maximum absolute atomic E-state index is 13.4. The fourth-order valence-electron chi connectivity index (χ4n) is 10.1. The summed E-state index contributed by atoms with van der Waals surface area (Å²) in [5.74, 6) is -0.649. The molecule has 3 aromatic rings. The van der Waals surface area contributed by atoms with Crippen molar-refractivity contribution in [2.75, 3.05) is 55.6 Å². The lowest BCUT2D eigenvalue weighted by Crippen LogP contribution is -2.74. The highest BCUT2D eigenvalue weighted by Crippen LogP contribution is 2.55. The number of nitrogens with one attached hydrogen (secondary N) is 2. The van der Waals surface area contributed by atoms with Crippen LogP contribution in [-0.2, 0) is 9.59 Å². The smallest absolute Gasteiger partial charge is 0.262 e. The summed E-state index contributed by atoms with van der Waals surface area (Å²) in [4.78, 5) is 81.0. The summed E-state index contributed by atoms with van der Waals surface area (Å²) in [6.07, 6.45) is 5.09. The molecule has 1 saturated carbocycles. The van der Waals surface area contributed by atoms with E-state index in [2.05, 4.69) is 35.3 Å². The normalized spacial score (nSPS) is 23.9. The highest BCUT2D eigenvalue weighted by molar-refractivity contribution is 6.23. The summed E-state index contributed by atoms with van der Waals surface area (Å²) < 4.78 is 6.35. The van der Waals surface area contributed by atoms with E-state index < -0.39 is 40.5 Å². The van der Waals surface area contributed by atoms with Gasteiger partial charge in [0.2, 0.25) is 17.8 Å². The Bertz CT molecular complexity index is 2320. The van der Waals surface area contributed by atoms with Crippen molar-refractivity contribution < 1.29 is 28.7 Å². The van der Waals surface area contributed by atoms with E-state index in [1.54, 1.807) is 42.7 Å². The SMILES string of the molecule is CC1(C)C(NC(=O)c2cnc(N3CCC(CN4CCN(c5ccc6c(c5)C(=O)N(C5CCC(=O)NC5=O)C6=O)CC4)CC3)nc2)C(C)(C)C1Oc1ccc(C#N)c(C#N)c1. The van der Waals surface area contributed by atoms with Gasteiger partial charge in [0.05, 0.1) is 27.8 Å². The zero-order chi connectivity index (χ0) is 42.5. The summed E-state index contributed by atoms with van der Waals surface area (Å²) in [6.45, 7) is 14.0. The Morgan fingerprint density at radius 2 is 1.50 bits per heavy atom. The first-order valence-electron chi connectivity index (χ1n) is 20.5. The van der Waals surface area contributed by atoms with Crippen molar-refractivity contribution in [3.63, 3.8) is 0 Å². The summed E-state index contributed by atoms with van der Waals surface area (Å²) in [5.41, 5.74) is 1.50. The minimum absolute atomic E-state index is 0.0819. The Labute approximate surface area is 348 Å². The molecule has 5 aliphatic rings. The van der Waals surface area contributed by atoms with Gasteiger partial charge in [-0.2, -0.15) is 10.5 Å². The lowest BCUT2D eigenvalue weighted by Gasteiger charge is -2.63. The fraction of sp³-hybridized carbons (Fsp3) is 0.477. The highest BCUT2D eigenvalue weighted by Gasteiger charge is 2.64. The van der Waals surface area contributed by atoms with Crippen molar-refractivity contribution in [3.05, 3.63) is 76.6 Å². The molecule has 310 valence electrons. The summed E-state index contributed by atoms with van der Waals surface area (Å²) in [5, 5.41) is 24.1. The van der Waals surface area contributed by atoms with Gasteiger partial charge < -0.3 is 19.9 Å². The molecule has 3 saturated heterocycles. The van der Waals surface area contributed by atoms with Crippen molar-refractivity contribution in [2.45, 2.75) is 71.6 Å². The average Bonchev–Trinajstić information content (AvgIpc) is 3.49. The van der Waals surface area contributed by atoms with Gasteiger partial charge in [0, 0.05) is 87.2 Å². The van der Waals surface area contributed by atoms with Gasteiger partial charge in [-0.05, 0) is 61.6 Å². The maximum atomic E-state index is 13.4. The molecule has 4 aliphatic heterocycles. The molecule has 16 heteroatoms. The Morgan fingerprint density at radius 3 is 2.15 bits per heavy atom. The van der Waals surface area contributed by atoms with Crippen LogP contribution in [0.2, 0.25) is 0 Å². The predicted octanol–water partition coefficient (Wildman–Crippen LogP) is 3.27. The lowest BCUT2D eigenvalue weighted by molar-refractivity contribution is -0.164. The lowest BCUT2D eigenvalue weighted by atomic mass is 9.49. The van der Waals surface area contributed by atoms with Gasteiger partial charge in [0.25, 0.3) is 17.7 Å². The van der Waals surface area contributed by atoms with E-state index in [0.717, 1.165) is 69.2 Å². The van der Waals surface area contributed by atoms with Crippen molar-refractivity contribution in [2.24, 2.45) is 16.7 Å². The van der Waals surface area contributed by atoms with E-state index in [1.807, 2.05) is 45.9 Å². The Balaban J connectivity index is 0.791. The van der Waals surface area contributed by atoms with Crippen molar-refractivity contribution >= 4 is 41.2 Å². The van der Waals surface area contributed by atoms with Crippen molar-refractivity contribution in [1.29, 1.82) is 10.5 Å². The minimum Gasteiger partial charge on any atom is -0.489 e. The molecule has 16 nitrogen and oxygen atoms in total. The second-order valence-corrected chi connectivity index (χ2v) is 17.6. The molecule has 0 spiro atoms. The molecule has 2 aromatic carbocycles. The van der Waals surface area contributed by atoms with E-state index >= 15 is 0 Å². The third-order valence-corrected chi connectivity index (χ3v) is 13.1. The largest absolute Gasteiger partial charge is 0.489 e. The van der Waals surface area contributed by atoms with Crippen LogP contribution in [0.3, 0.4) is 0 Å². The van der Waals surface area contributed by atoms with Crippen LogP contribution in [0.4, 0.5) is 11.6 Å². The number of benzene rings is 2. The van der Waals surface area contributed by atoms with E-state index in [0.29, 0.717) is 34.3 Å². The molecule has 5 amide bonds. The number of imide groups is 2. The number of carbonyl (C=O) groups excluding carboxylic acids is 5. The van der Waals surface area contributed by atoms with E-state index in [9.17, 15) is 34.5 Å². The number of fused-ring (bicyclic) bond motifs is 1. The molecular formula is C44H48N10O6. The number of ether oxygens (including phenoxy) is 1. The molecule has 0 bridgehead atoms. The number of rotatable bonds is 9. The number of amides is 5. The highest BCUT2D eigenvalue weighted by atomic mass is 16.5. The van der Waals surface area contributed by atoms with Gasteiger partial charge in [-0.25, -0.2) is 9.97 Å². The molecule has 1 aliphatic carbocycles. The molecule has 8 rings (SSSR count). The number of piperazine rings is 1. The number of carbonyl (C=O) groups is 5. The van der Waals surface area contributed by atoms with Crippen LogP contribution in [0.15, 0.2) is 48.8 Å². The number of nitriles is 2. The maximum Gasteiger partial charge on any atom is 0.262 e. The molecule has 5 heterocycles. The molecule has 1 atom stereocenters. The number of aromatic nitrogens is 2. The average molecular weight is 813 g/mol. The van der Waals surface area contributed by atoms with Crippen LogP contribution < -0.4 is 25.2 Å². The molecule has 60 heavy (non-hydrogen) atoms. The van der Waals surface area contributed by atoms with E-state index in [1.165, 1.54) is 0 Å². The molecular weight excluding hydrogens is 765 g/mol. The first kappa shape index (κ1) is 40.4. The third kappa shape index (κ3) is 7.30. The Hall–Kier alpha value is -6.39. The van der Waals surface area contributed by atoms with Gasteiger partial charge in [0.1, 0.15) is 30.0 Å². The van der Waals surface area contributed by atoms with Crippen LogP contribution in [0.1, 0.15) is 95.6 Å². The zero-order valence-corrected chi connectivity index (χ0v) is 34.2. The van der Waals surface area contributed by atoms with Crippen LogP contribution in [0, 0.1) is 39.4 Å². The number of piperidine rings is 2. The third-order valence-electron chi connectivity index (χ3n) is 13.1. The molecule has 2 N–H and O–H groups in total. The van der Waals surface area contributed by atoms with Gasteiger partial charge >= 0.3 is 0 Å². The monoisotopic (exact) mass is 812 g/mol. The molecule has 4 fully saturated rings. The fourth-order valence-corrected chi connectivity index (χ4v) is 10.1. The minimum atomic E-state index is -0.985. The van der Waals surface area contributed by atoms with E-state index in [4.69, 9.17) is 4.74 Å². The van der Waals surface area contributed by atoms with Gasteiger partial charge in [0.15, 0.2) is 0 Å². The number of nitrogens with zero attached hydrogens (tertiary/aromatic N) is 8. The van der Waals surface area contributed by atoms with E-state index in [-0.39, 0.29) is 42.0 Å². The summed E-state index contributed by atoms with van der Waals surface area (Å²) in [6, 6.07) is 13.0. The van der Waals surface area contributed by atoms with Gasteiger partial charge in [-0.15, -0.1) is 0 Å². The van der Waals surface area contributed by atoms with Crippen LogP contribution >= 0.6 is 0 Å². The Kier molecular flexibility index (Phi) is 10.5. The van der Waals surface area contributed by atoms with Crippen molar-refractivity contribution in [1.82, 2.24) is 30.4 Å².